The maximum absolute atomic E-state index is 13.2. The van der Waals surface area contributed by atoms with Gasteiger partial charge in [-0.15, -0.1) is 16.3 Å². The van der Waals surface area contributed by atoms with Crippen LogP contribution in [0.1, 0.15) is 23.7 Å². The number of nitro benzene ring substituents is 2. The van der Waals surface area contributed by atoms with E-state index in [-0.39, 0.29) is 41.7 Å². The Morgan fingerprint density at radius 2 is 1.41 bits per heavy atom. The van der Waals surface area contributed by atoms with Crippen LogP contribution in [0, 0.1) is 20.2 Å². The molecule has 0 aliphatic carbocycles. The fourth-order valence-corrected chi connectivity index (χ4v) is 3.94. The van der Waals surface area contributed by atoms with E-state index < -0.39 is 33.7 Å². The lowest BCUT2D eigenvalue weighted by molar-refractivity contribution is -0.385. The molecule has 0 aliphatic heterocycles. The lowest BCUT2D eigenvalue weighted by Gasteiger charge is -2.10. The summed E-state index contributed by atoms with van der Waals surface area (Å²) in [7, 11) is 1.17. The minimum atomic E-state index is -1.12. The molecule has 3 aromatic rings. The van der Waals surface area contributed by atoms with E-state index in [9.17, 15) is 34.6 Å². The third-order valence-electron chi connectivity index (χ3n) is 4.99. The minimum Gasteiger partial charge on any atom is -0.461 e. The van der Waals surface area contributed by atoms with Crippen LogP contribution in [0.15, 0.2) is 64.1 Å². The highest BCUT2D eigenvalue weighted by molar-refractivity contribution is 7.07. The zero-order chi connectivity index (χ0) is 29.9. The van der Waals surface area contributed by atoms with Crippen molar-refractivity contribution in [2.75, 3.05) is 13.7 Å². The van der Waals surface area contributed by atoms with Gasteiger partial charge in [0, 0.05) is 29.6 Å². The fourth-order valence-electron chi connectivity index (χ4n) is 3.10. The zero-order valence-corrected chi connectivity index (χ0v) is 22.3. The predicted octanol–water partition coefficient (Wildman–Crippen LogP) is 3.70. The number of non-ortho nitro benzene ring substituents is 2. The van der Waals surface area contributed by atoms with Crippen molar-refractivity contribution in [2.45, 2.75) is 20.1 Å². The van der Waals surface area contributed by atoms with Crippen LogP contribution >= 0.6 is 11.3 Å². The summed E-state index contributed by atoms with van der Waals surface area (Å²) in [5, 5.41) is 26.6. The second-order valence-electron chi connectivity index (χ2n) is 7.65. The van der Waals surface area contributed by atoms with Crippen molar-refractivity contribution in [2.24, 2.45) is 10.1 Å². The van der Waals surface area contributed by atoms with Gasteiger partial charge >= 0.3 is 18.2 Å². The van der Waals surface area contributed by atoms with Crippen molar-refractivity contribution in [3.8, 4) is 0 Å². The van der Waals surface area contributed by atoms with Crippen LogP contribution in [-0.2, 0) is 37.1 Å². The van der Waals surface area contributed by atoms with E-state index in [1.807, 2.05) is 0 Å². The first-order valence-corrected chi connectivity index (χ1v) is 12.4. The molecule has 0 fully saturated rings. The summed E-state index contributed by atoms with van der Waals surface area (Å²) in [6.07, 6.45) is -2.19. The van der Waals surface area contributed by atoms with Gasteiger partial charge in [-0.25, -0.2) is 19.0 Å². The molecule has 0 bridgehead atoms. The molecule has 0 atom stereocenters. The molecule has 2 aromatic carbocycles. The second kappa shape index (κ2) is 14.1. The van der Waals surface area contributed by atoms with Gasteiger partial charge in [0.2, 0.25) is 10.5 Å². The lowest BCUT2D eigenvalue weighted by Crippen LogP contribution is -2.32. The van der Waals surface area contributed by atoms with Gasteiger partial charge in [0.25, 0.3) is 11.4 Å². The van der Waals surface area contributed by atoms with Gasteiger partial charge in [-0.2, -0.15) is 0 Å². The number of nitrogens with zero attached hydrogens (tertiary/aromatic N) is 5. The van der Waals surface area contributed by atoms with Crippen LogP contribution in [0.5, 0.6) is 0 Å². The van der Waals surface area contributed by atoms with Crippen molar-refractivity contribution in [1.29, 1.82) is 0 Å². The molecule has 0 saturated carbocycles. The molecule has 1 amide bonds. The molecule has 17 heteroatoms. The first kappa shape index (κ1) is 30.1. The average Bonchev–Trinajstić information content (AvgIpc) is 3.36. The maximum Gasteiger partial charge on any atom is 0.436 e. The molecule has 16 nitrogen and oxygen atoms in total. The van der Waals surface area contributed by atoms with Crippen LogP contribution in [0.25, 0.3) is 0 Å². The van der Waals surface area contributed by atoms with E-state index in [4.69, 9.17) is 19.0 Å². The third-order valence-corrected chi connectivity index (χ3v) is 5.82. The summed E-state index contributed by atoms with van der Waals surface area (Å²) < 4.78 is 16.2. The molecule has 0 radical (unpaired) electrons. The standard InChI is InChI=1S/C24H21N5O11S/c1-3-38-21(30)20(26-37-2)19-14-41-22(25-23(31)39-12-15-4-8-17(9-5-15)28(33)34)27(19)24(32)40-13-16-6-10-18(11-7-16)29(35)36/h4-11,14H,3,12-13H2,1-2H3. The number of esters is 1. The molecule has 1 heterocycles. The van der Waals surface area contributed by atoms with Gasteiger partial charge in [-0.1, -0.05) is 5.16 Å². The number of amides is 1. The Labute approximate surface area is 234 Å². The van der Waals surface area contributed by atoms with Crippen molar-refractivity contribution in [3.63, 3.8) is 0 Å². The number of ether oxygens (including phenoxy) is 3. The highest BCUT2D eigenvalue weighted by Crippen LogP contribution is 2.15. The predicted molar refractivity (Wildman–Crippen MR) is 140 cm³/mol. The highest BCUT2D eigenvalue weighted by atomic mass is 32.1. The Balaban J connectivity index is 1.90. The van der Waals surface area contributed by atoms with Crippen molar-refractivity contribution < 1.29 is 43.3 Å². The number of carbonyl (C=O) groups excluding carboxylic acids is 3. The lowest BCUT2D eigenvalue weighted by atomic mass is 10.2. The minimum absolute atomic E-state index is 0.0114. The van der Waals surface area contributed by atoms with Gasteiger partial charge < -0.3 is 19.0 Å². The number of rotatable bonds is 10. The normalized spacial score (nSPS) is 11.5. The van der Waals surface area contributed by atoms with Gasteiger partial charge in [0.15, 0.2) is 0 Å². The van der Waals surface area contributed by atoms with Crippen LogP contribution in [0.3, 0.4) is 0 Å². The van der Waals surface area contributed by atoms with E-state index in [0.29, 0.717) is 11.1 Å². The van der Waals surface area contributed by atoms with E-state index in [1.165, 1.54) is 61.0 Å². The van der Waals surface area contributed by atoms with Crippen LogP contribution in [0.2, 0.25) is 0 Å². The molecule has 0 unspecified atom stereocenters. The number of thiazole rings is 1. The van der Waals surface area contributed by atoms with Crippen LogP contribution in [0.4, 0.5) is 21.0 Å². The molecule has 1 aromatic heterocycles. The Kier molecular flexibility index (Phi) is 10.3. The third kappa shape index (κ3) is 8.02. The van der Waals surface area contributed by atoms with E-state index >= 15 is 0 Å². The average molecular weight is 588 g/mol. The molecule has 3 rings (SSSR count). The Hall–Kier alpha value is -5.45. The number of benzene rings is 2. The second-order valence-corrected chi connectivity index (χ2v) is 8.49. The monoisotopic (exact) mass is 587 g/mol. The van der Waals surface area contributed by atoms with Crippen LogP contribution in [-0.4, -0.2) is 52.0 Å². The highest BCUT2D eigenvalue weighted by Gasteiger charge is 2.26. The summed E-state index contributed by atoms with van der Waals surface area (Å²) in [5.41, 5.74) is -0.0155. The zero-order valence-electron chi connectivity index (χ0n) is 21.5. The van der Waals surface area contributed by atoms with E-state index in [1.54, 1.807) is 6.92 Å². The van der Waals surface area contributed by atoms with Crippen molar-refractivity contribution in [1.82, 2.24) is 4.57 Å². The summed E-state index contributed by atoms with van der Waals surface area (Å²) in [5.74, 6) is -0.934. The molecular formula is C24H21N5O11S. The summed E-state index contributed by atoms with van der Waals surface area (Å²) in [4.78, 5) is 66.9. The molecule has 214 valence electrons. The van der Waals surface area contributed by atoms with Gasteiger partial charge in [-0.05, 0) is 42.3 Å². The van der Waals surface area contributed by atoms with Gasteiger partial charge in [-0.3, -0.25) is 20.2 Å². The van der Waals surface area contributed by atoms with E-state index in [2.05, 4.69) is 10.1 Å². The molecule has 41 heavy (non-hydrogen) atoms. The summed E-state index contributed by atoms with van der Waals surface area (Å²) in [6.45, 7) is 0.953. The Morgan fingerprint density at radius 1 is 0.878 bits per heavy atom. The number of oxime groups is 1. The Bertz CT molecular complexity index is 1540. The number of nitro groups is 2. The molecular weight excluding hydrogens is 566 g/mol. The van der Waals surface area contributed by atoms with Crippen LogP contribution < -0.4 is 4.80 Å². The molecule has 0 saturated heterocycles. The first-order valence-electron chi connectivity index (χ1n) is 11.5. The maximum atomic E-state index is 13.2. The Morgan fingerprint density at radius 3 is 1.90 bits per heavy atom. The number of aromatic nitrogens is 1. The fraction of sp³-hybridized carbons (Fsp3) is 0.208. The molecule has 0 aliphatic rings. The molecule has 0 spiro atoms. The topological polar surface area (TPSA) is 204 Å². The first-order chi connectivity index (χ1) is 19.6. The molecule has 0 N–H and O–H groups in total. The smallest absolute Gasteiger partial charge is 0.436 e. The van der Waals surface area contributed by atoms with E-state index in [0.717, 1.165) is 15.9 Å². The largest absolute Gasteiger partial charge is 0.461 e. The quantitative estimate of drug-likeness (QED) is 0.110. The van der Waals surface area contributed by atoms with Crippen molar-refractivity contribution >= 4 is 46.6 Å². The van der Waals surface area contributed by atoms with Gasteiger partial charge in [0.1, 0.15) is 26.0 Å². The van der Waals surface area contributed by atoms with Gasteiger partial charge in [0.05, 0.1) is 16.5 Å². The number of carbonyl (C=O) groups is 3. The summed E-state index contributed by atoms with van der Waals surface area (Å²) >= 11 is 0.777. The SMILES string of the molecule is CCOC(=O)C(=NOC)c1csc(=NC(=O)OCc2ccc([N+](=O)[O-])cc2)n1C(=O)OCc1ccc([N+](=O)[O-])cc1. The van der Waals surface area contributed by atoms with Crippen molar-refractivity contribution in [3.05, 3.63) is 95.8 Å². The number of hydrogen-bond acceptors (Lipinski definition) is 13. The number of hydrogen-bond donors (Lipinski definition) is 0. The summed E-state index contributed by atoms with van der Waals surface area (Å²) in [6, 6.07) is 10.5.